The summed E-state index contributed by atoms with van der Waals surface area (Å²) in [5.74, 6) is 0.588. The van der Waals surface area contributed by atoms with Crippen LogP contribution in [-0.4, -0.2) is 27.9 Å². The van der Waals surface area contributed by atoms with Crippen molar-refractivity contribution in [3.8, 4) is 17.2 Å². The Morgan fingerprint density at radius 2 is 1.76 bits per heavy atom. The first kappa shape index (κ1) is 13.6. The summed E-state index contributed by atoms with van der Waals surface area (Å²) in [6.45, 7) is 0.488. The highest BCUT2D eigenvalue weighted by Gasteiger charge is 2.19. The van der Waals surface area contributed by atoms with E-state index < -0.39 is 5.82 Å². The average molecular weight is 243 g/mol. The number of benzene rings is 1. The van der Waals surface area contributed by atoms with Gasteiger partial charge in [0.05, 0.1) is 21.3 Å². The Morgan fingerprint density at radius 3 is 2.24 bits per heavy atom. The van der Waals surface area contributed by atoms with Crippen molar-refractivity contribution < 1.29 is 18.6 Å². The summed E-state index contributed by atoms with van der Waals surface area (Å²) in [6, 6.07) is 1.47. The molecule has 0 bridgehead atoms. The molecule has 0 fully saturated rings. The van der Waals surface area contributed by atoms with Gasteiger partial charge in [-0.2, -0.15) is 0 Å². The van der Waals surface area contributed by atoms with Gasteiger partial charge in [-0.05, 0) is 19.4 Å². The van der Waals surface area contributed by atoms with Crippen LogP contribution in [0.3, 0.4) is 0 Å². The van der Waals surface area contributed by atoms with Crippen LogP contribution in [0.15, 0.2) is 6.07 Å². The standard InChI is InChI=1S/C12H18FNO3/c1-15-9-7-10(16-2)12(17-3)8(11(9)13)5-4-6-14/h7H,4-6,14H2,1-3H3. The summed E-state index contributed by atoms with van der Waals surface area (Å²) in [5, 5.41) is 0. The lowest BCUT2D eigenvalue weighted by molar-refractivity contribution is 0.334. The highest BCUT2D eigenvalue weighted by atomic mass is 19.1. The number of nitrogens with two attached hydrogens (primary N) is 1. The molecule has 0 aliphatic rings. The number of hydrogen-bond donors (Lipinski definition) is 1. The molecule has 0 aromatic heterocycles. The molecule has 0 aliphatic carbocycles. The first-order valence-electron chi connectivity index (χ1n) is 5.37. The predicted octanol–water partition coefficient (Wildman–Crippen LogP) is 1.74. The zero-order valence-electron chi connectivity index (χ0n) is 10.4. The molecule has 1 aromatic carbocycles. The number of rotatable bonds is 6. The van der Waals surface area contributed by atoms with Crippen LogP contribution in [0.25, 0.3) is 0 Å². The topological polar surface area (TPSA) is 53.7 Å². The van der Waals surface area contributed by atoms with Gasteiger partial charge >= 0.3 is 0 Å². The van der Waals surface area contributed by atoms with Crippen LogP contribution in [0.4, 0.5) is 4.39 Å². The predicted molar refractivity (Wildman–Crippen MR) is 63.4 cm³/mol. The molecule has 96 valence electrons. The maximum absolute atomic E-state index is 14.1. The SMILES string of the molecule is COc1cc(OC)c(OC)c(CCCN)c1F. The molecule has 0 saturated heterocycles. The molecule has 0 aliphatic heterocycles. The van der Waals surface area contributed by atoms with Crippen molar-refractivity contribution in [1.29, 1.82) is 0 Å². The second-order valence-corrected chi connectivity index (χ2v) is 3.50. The minimum atomic E-state index is -0.418. The molecule has 0 heterocycles. The van der Waals surface area contributed by atoms with Crippen LogP contribution in [0.1, 0.15) is 12.0 Å². The molecular weight excluding hydrogens is 225 g/mol. The minimum Gasteiger partial charge on any atom is -0.494 e. The molecule has 17 heavy (non-hydrogen) atoms. The molecule has 0 atom stereocenters. The lowest BCUT2D eigenvalue weighted by Crippen LogP contribution is -2.06. The second-order valence-electron chi connectivity index (χ2n) is 3.50. The van der Waals surface area contributed by atoms with E-state index >= 15 is 0 Å². The lowest BCUT2D eigenvalue weighted by Gasteiger charge is -2.15. The Bertz CT molecular complexity index is 383. The van der Waals surface area contributed by atoms with E-state index in [1.54, 1.807) is 0 Å². The molecule has 1 aromatic rings. The second kappa shape index (κ2) is 6.30. The van der Waals surface area contributed by atoms with Gasteiger partial charge in [0.1, 0.15) is 0 Å². The zero-order valence-corrected chi connectivity index (χ0v) is 10.4. The fraction of sp³-hybridized carbons (Fsp3) is 0.500. The van der Waals surface area contributed by atoms with Gasteiger partial charge in [-0.15, -0.1) is 0 Å². The fourth-order valence-electron chi connectivity index (χ4n) is 1.67. The highest BCUT2D eigenvalue weighted by molar-refractivity contribution is 5.53. The van der Waals surface area contributed by atoms with Crippen LogP contribution in [0.2, 0.25) is 0 Å². The van der Waals surface area contributed by atoms with E-state index in [9.17, 15) is 4.39 Å². The van der Waals surface area contributed by atoms with Gasteiger partial charge in [0, 0.05) is 11.6 Å². The van der Waals surface area contributed by atoms with Crippen molar-refractivity contribution in [2.24, 2.45) is 5.73 Å². The summed E-state index contributed by atoms with van der Waals surface area (Å²) in [5.41, 5.74) is 5.87. The van der Waals surface area contributed by atoms with E-state index in [1.165, 1.54) is 27.4 Å². The lowest BCUT2D eigenvalue weighted by atomic mass is 10.1. The third-order valence-electron chi connectivity index (χ3n) is 2.52. The average Bonchev–Trinajstić information content (AvgIpc) is 2.36. The van der Waals surface area contributed by atoms with E-state index in [0.717, 1.165) is 0 Å². The van der Waals surface area contributed by atoms with E-state index in [4.69, 9.17) is 19.9 Å². The molecule has 5 heteroatoms. The maximum atomic E-state index is 14.1. The van der Waals surface area contributed by atoms with Gasteiger partial charge in [-0.1, -0.05) is 0 Å². The number of halogens is 1. The van der Waals surface area contributed by atoms with E-state index in [0.29, 0.717) is 36.4 Å². The van der Waals surface area contributed by atoms with Crippen molar-refractivity contribution in [3.05, 3.63) is 17.4 Å². The van der Waals surface area contributed by atoms with E-state index in [-0.39, 0.29) is 5.75 Å². The smallest absolute Gasteiger partial charge is 0.172 e. The first-order chi connectivity index (χ1) is 8.19. The van der Waals surface area contributed by atoms with Gasteiger partial charge in [0.25, 0.3) is 0 Å². The van der Waals surface area contributed by atoms with Crippen molar-refractivity contribution in [2.75, 3.05) is 27.9 Å². The van der Waals surface area contributed by atoms with Crippen molar-refractivity contribution in [1.82, 2.24) is 0 Å². The van der Waals surface area contributed by atoms with Crippen LogP contribution in [0, 0.1) is 5.82 Å². The van der Waals surface area contributed by atoms with Crippen LogP contribution in [-0.2, 0) is 6.42 Å². The molecule has 1 rings (SSSR count). The molecule has 0 radical (unpaired) electrons. The minimum absolute atomic E-state index is 0.148. The summed E-state index contributed by atoms with van der Waals surface area (Å²) in [7, 11) is 4.40. The molecular formula is C12H18FNO3. The molecule has 4 nitrogen and oxygen atoms in total. The Labute approximate surface area is 100 Å². The summed E-state index contributed by atoms with van der Waals surface area (Å²) in [6.07, 6.45) is 1.16. The summed E-state index contributed by atoms with van der Waals surface area (Å²) in [4.78, 5) is 0. The molecule has 0 saturated carbocycles. The maximum Gasteiger partial charge on any atom is 0.172 e. The third-order valence-corrected chi connectivity index (χ3v) is 2.52. The van der Waals surface area contributed by atoms with Crippen LogP contribution in [0.5, 0.6) is 17.2 Å². The van der Waals surface area contributed by atoms with Gasteiger partial charge in [0.2, 0.25) is 0 Å². The van der Waals surface area contributed by atoms with Crippen LogP contribution >= 0.6 is 0 Å². The van der Waals surface area contributed by atoms with Gasteiger partial charge in [-0.3, -0.25) is 0 Å². The van der Waals surface area contributed by atoms with E-state index in [1.807, 2.05) is 0 Å². The number of ether oxygens (including phenoxy) is 3. The van der Waals surface area contributed by atoms with E-state index in [2.05, 4.69) is 0 Å². The summed E-state index contributed by atoms with van der Waals surface area (Å²) >= 11 is 0. The Hall–Kier alpha value is -1.49. The quantitative estimate of drug-likeness (QED) is 0.827. The number of methoxy groups -OCH3 is 3. The monoisotopic (exact) mass is 243 g/mol. The Morgan fingerprint density at radius 1 is 1.12 bits per heavy atom. The van der Waals surface area contributed by atoms with Crippen LogP contribution < -0.4 is 19.9 Å². The normalized spacial score (nSPS) is 10.2. The molecule has 0 unspecified atom stereocenters. The van der Waals surface area contributed by atoms with Crippen molar-refractivity contribution in [2.45, 2.75) is 12.8 Å². The van der Waals surface area contributed by atoms with Gasteiger partial charge in [0.15, 0.2) is 23.1 Å². The summed E-state index contributed by atoms with van der Waals surface area (Å²) < 4.78 is 29.4. The van der Waals surface area contributed by atoms with Crippen molar-refractivity contribution in [3.63, 3.8) is 0 Å². The largest absolute Gasteiger partial charge is 0.494 e. The fourth-order valence-corrected chi connectivity index (χ4v) is 1.67. The first-order valence-corrected chi connectivity index (χ1v) is 5.37. The zero-order chi connectivity index (χ0) is 12.8. The Balaban J connectivity index is 3.28. The number of hydrogen-bond acceptors (Lipinski definition) is 4. The molecule has 0 spiro atoms. The molecule has 0 amide bonds. The molecule has 2 N–H and O–H groups in total. The third kappa shape index (κ3) is 2.79. The van der Waals surface area contributed by atoms with Gasteiger partial charge in [-0.25, -0.2) is 4.39 Å². The van der Waals surface area contributed by atoms with Gasteiger partial charge < -0.3 is 19.9 Å². The highest BCUT2D eigenvalue weighted by Crippen LogP contribution is 2.38. The van der Waals surface area contributed by atoms with Crippen molar-refractivity contribution >= 4 is 0 Å². The Kier molecular flexibility index (Phi) is 5.03.